The van der Waals surface area contributed by atoms with Crippen molar-refractivity contribution < 1.29 is 9.50 Å². The van der Waals surface area contributed by atoms with Crippen LogP contribution >= 0.6 is 11.6 Å². The quantitative estimate of drug-likeness (QED) is 0.909. The second-order valence-electron chi connectivity index (χ2n) is 3.75. The van der Waals surface area contributed by atoms with E-state index in [1.54, 1.807) is 12.1 Å². The molecule has 88 valence electrons. The van der Waals surface area contributed by atoms with Gasteiger partial charge in [-0.15, -0.1) is 0 Å². The molecule has 1 N–H and O–H groups in total. The van der Waals surface area contributed by atoms with Crippen LogP contribution in [0.5, 0.6) is 0 Å². The fourth-order valence-electron chi connectivity index (χ4n) is 1.58. The molecule has 0 saturated carbocycles. The molecule has 0 saturated heterocycles. The van der Waals surface area contributed by atoms with Gasteiger partial charge in [-0.25, -0.2) is 4.39 Å². The molecule has 17 heavy (non-hydrogen) atoms. The Morgan fingerprint density at radius 1 is 1.29 bits per heavy atom. The lowest BCUT2D eigenvalue weighted by atomic mass is 10.1. The number of nitrogens with zero attached hydrogens (tertiary/aromatic N) is 1. The van der Waals surface area contributed by atoms with Crippen molar-refractivity contribution in [2.75, 3.05) is 0 Å². The van der Waals surface area contributed by atoms with Crippen molar-refractivity contribution >= 4 is 11.6 Å². The van der Waals surface area contributed by atoms with E-state index in [1.807, 2.05) is 12.1 Å². The van der Waals surface area contributed by atoms with Crippen LogP contribution in [0.15, 0.2) is 42.6 Å². The Morgan fingerprint density at radius 3 is 2.76 bits per heavy atom. The number of hydrogen-bond donors (Lipinski definition) is 1. The predicted molar refractivity (Wildman–Crippen MR) is 64.3 cm³/mol. The van der Waals surface area contributed by atoms with E-state index < -0.39 is 11.9 Å². The van der Waals surface area contributed by atoms with E-state index in [0.29, 0.717) is 17.1 Å². The third kappa shape index (κ3) is 3.25. The summed E-state index contributed by atoms with van der Waals surface area (Å²) in [7, 11) is 0. The summed E-state index contributed by atoms with van der Waals surface area (Å²) >= 11 is 5.85. The van der Waals surface area contributed by atoms with Crippen molar-refractivity contribution in [3.63, 3.8) is 0 Å². The second kappa shape index (κ2) is 5.25. The maximum Gasteiger partial charge on any atom is 0.141 e. The normalized spacial score (nSPS) is 12.4. The molecule has 0 bridgehead atoms. The fraction of sp³-hybridized carbons (Fsp3) is 0.154. The van der Waals surface area contributed by atoms with Gasteiger partial charge in [-0.2, -0.15) is 0 Å². The molecule has 0 aliphatic rings. The van der Waals surface area contributed by atoms with E-state index >= 15 is 0 Å². The highest BCUT2D eigenvalue weighted by atomic mass is 35.5. The van der Waals surface area contributed by atoms with Crippen LogP contribution in [0.2, 0.25) is 5.02 Å². The number of aliphatic hydroxyl groups is 1. The first-order valence-corrected chi connectivity index (χ1v) is 5.57. The number of pyridine rings is 1. The van der Waals surface area contributed by atoms with Crippen LogP contribution in [-0.2, 0) is 6.42 Å². The largest absolute Gasteiger partial charge is 0.386 e. The summed E-state index contributed by atoms with van der Waals surface area (Å²) in [6.45, 7) is 0. The maximum absolute atomic E-state index is 12.7. The molecule has 0 radical (unpaired) electrons. The zero-order chi connectivity index (χ0) is 12.3. The SMILES string of the molecule is OC(Cc1cccc(Cl)c1)c1ccc(F)cn1. The summed E-state index contributed by atoms with van der Waals surface area (Å²) in [6.07, 6.45) is 0.740. The number of aromatic nitrogens is 1. The first-order chi connectivity index (χ1) is 8.15. The minimum absolute atomic E-state index is 0.402. The third-order valence-electron chi connectivity index (χ3n) is 2.41. The molecular weight excluding hydrogens is 241 g/mol. The van der Waals surface area contributed by atoms with Gasteiger partial charge in [-0.1, -0.05) is 23.7 Å². The molecule has 0 spiro atoms. The monoisotopic (exact) mass is 251 g/mol. The van der Waals surface area contributed by atoms with Crippen molar-refractivity contribution in [1.29, 1.82) is 0 Å². The van der Waals surface area contributed by atoms with Gasteiger partial charge in [0, 0.05) is 11.4 Å². The van der Waals surface area contributed by atoms with E-state index in [9.17, 15) is 9.50 Å². The Kier molecular flexibility index (Phi) is 3.71. The Balaban J connectivity index is 2.11. The molecule has 2 aromatic rings. The highest BCUT2D eigenvalue weighted by Crippen LogP contribution is 2.18. The molecule has 0 amide bonds. The smallest absolute Gasteiger partial charge is 0.141 e. The fourth-order valence-corrected chi connectivity index (χ4v) is 1.79. The zero-order valence-electron chi connectivity index (χ0n) is 8.98. The second-order valence-corrected chi connectivity index (χ2v) is 4.19. The van der Waals surface area contributed by atoms with Gasteiger partial charge in [-0.05, 0) is 29.8 Å². The highest BCUT2D eigenvalue weighted by Gasteiger charge is 2.10. The van der Waals surface area contributed by atoms with Crippen molar-refractivity contribution in [2.45, 2.75) is 12.5 Å². The molecule has 1 atom stereocenters. The van der Waals surface area contributed by atoms with Gasteiger partial charge in [0.25, 0.3) is 0 Å². The van der Waals surface area contributed by atoms with Crippen molar-refractivity contribution in [3.05, 3.63) is 64.7 Å². The molecule has 0 aliphatic carbocycles. The summed E-state index contributed by atoms with van der Waals surface area (Å²) in [5.74, 6) is -0.413. The Labute approximate surface area is 104 Å². The minimum Gasteiger partial charge on any atom is -0.386 e. The van der Waals surface area contributed by atoms with Gasteiger partial charge in [0.1, 0.15) is 5.82 Å². The van der Waals surface area contributed by atoms with Gasteiger partial charge >= 0.3 is 0 Å². The molecule has 4 heteroatoms. The molecule has 2 nitrogen and oxygen atoms in total. The minimum atomic E-state index is -0.755. The summed E-state index contributed by atoms with van der Waals surface area (Å²) < 4.78 is 12.7. The van der Waals surface area contributed by atoms with Gasteiger partial charge < -0.3 is 5.11 Å². The van der Waals surface area contributed by atoms with Crippen LogP contribution in [0.3, 0.4) is 0 Å². The number of halogens is 2. The summed E-state index contributed by atoms with van der Waals surface area (Å²) in [5, 5.41) is 10.6. The number of hydrogen-bond acceptors (Lipinski definition) is 2. The lowest BCUT2D eigenvalue weighted by Gasteiger charge is -2.10. The lowest BCUT2D eigenvalue weighted by molar-refractivity contribution is 0.173. The Morgan fingerprint density at radius 2 is 2.12 bits per heavy atom. The van der Waals surface area contributed by atoms with Crippen LogP contribution in [-0.4, -0.2) is 10.1 Å². The summed E-state index contributed by atoms with van der Waals surface area (Å²) in [5.41, 5.74) is 1.36. The van der Waals surface area contributed by atoms with E-state index in [-0.39, 0.29) is 0 Å². The van der Waals surface area contributed by atoms with E-state index in [0.717, 1.165) is 11.8 Å². The van der Waals surface area contributed by atoms with Crippen molar-refractivity contribution in [3.8, 4) is 0 Å². The molecule has 1 heterocycles. The molecule has 1 aromatic heterocycles. The van der Waals surface area contributed by atoms with Gasteiger partial charge in [0.05, 0.1) is 18.0 Å². The molecule has 1 unspecified atom stereocenters. The highest BCUT2D eigenvalue weighted by molar-refractivity contribution is 6.30. The topological polar surface area (TPSA) is 33.1 Å². The summed E-state index contributed by atoms with van der Waals surface area (Å²) in [4.78, 5) is 3.84. The standard InChI is InChI=1S/C13H11ClFNO/c14-10-3-1-2-9(6-10)7-13(17)12-5-4-11(15)8-16-12/h1-6,8,13,17H,7H2. The Bertz CT molecular complexity index is 501. The van der Waals surface area contributed by atoms with Crippen molar-refractivity contribution in [1.82, 2.24) is 4.98 Å². The van der Waals surface area contributed by atoms with Gasteiger partial charge in [0.15, 0.2) is 0 Å². The number of aliphatic hydroxyl groups excluding tert-OH is 1. The van der Waals surface area contributed by atoms with Crippen LogP contribution < -0.4 is 0 Å². The third-order valence-corrected chi connectivity index (χ3v) is 2.64. The number of benzene rings is 1. The average Bonchev–Trinajstić information content (AvgIpc) is 2.29. The molecule has 0 fully saturated rings. The first-order valence-electron chi connectivity index (χ1n) is 5.19. The first kappa shape index (κ1) is 12.0. The van der Waals surface area contributed by atoms with Gasteiger partial charge in [-0.3, -0.25) is 4.98 Å². The van der Waals surface area contributed by atoms with Gasteiger partial charge in [0.2, 0.25) is 0 Å². The summed E-state index contributed by atoms with van der Waals surface area (Å²) in [6, 6.07) is 10.0. The van der Waals surface area contributed by atoms with Crippen LogP contribution in [0.1, 0.15) is 17.4 Å². The molecule has 2 rings (SSSR count). The zero-order valence-corrected chi connectivity index (χ0v) is 9.73. The van der Waals surface area contributed by atoms with Crippen molar-refractivity contribution in [2.24, 2.45) is 0 Å². The van der Waals surface area contributed by atoms with Crippen LogP contribution in [0, 0.1) is 5.82 Å². The van der Waals surface area contributed by atoms with Crippen LogP contribution in [0.4, 0.5) is 4.39 Å². The van der Waals surface area contributed by atoms with Crippen LogP contribution in [0.25, 0.3) is 0 Å². The van der Waals surface area contributed by atoms with E-state index in [1.165, 1.54) is 12.1 Å². The average molecular weight is 252 g/mol. The molecular formula is C13H11ClFNO. The number of rotatable bonds is 3. The molecule has 0 aliphatic heterocycles. The Hall–Kier alpha value is -1.45. The van der Waals surface area contributed by atoms with E-state index in [2.05, 4.69) is 4.98 Å². The lowest BCUT2D eigenvalue weighted by Crippen LogP contribution is -2.04. The predicted octanol–water partition coefficient (Wildman–Crippen LogP) is 3.15. The molecule has 1 aromatic carbocycles. The maximum atomic E-state index is 12.7. The van der Waals surface area contributed by atoms with E-state index in [4.69, 9.17) is 11.6 Å².